The predicted molar refractivity (Wildman–Crippen MR) is 123 cm³/mol. The van der Waals surface area contributed by atoms with Crippen LogP contribution in [-0.4, -0.2) is 29.0 Å². The van der Waals surface area contributed by atoms with Crippen molar-refractivity contribution < 1.29 is 4.92 Å². The molecule has 148 valence electrons. The lowest BCUT2D eigenvalue weighted by Gasteiger charge is -2.11. The molecule has 0 bridgehead atoms. The summed E-state index contributed by atoms with van der Waals surface area (Å²) in [6.45, 7) is 3.67. The number of nitrogens with zero attached hydrogens (tertiary/aromatic N) is 2. The highest BCUT2D eigenvalue weighted by Crippen LogP contribution is 2.19. The van der Waals surface area contributed by atoms with Gasteiger partial charge in [0.1, 0.15) is 0 Å². The molecule has 0 aliphatic heterocycles. The van der Waals surface area contributed by atoms with Crippen LogP contribution in [0.25, 0.3) is 10.9 Å². The SMILES string of the molecule is CCNC(=NCc1ccccc1[N+](=O)[O-])NCCc1c[nH]c2ccccc12.I. The van der Waals surface area contributed by atoms with Gasteiger partial charge in [0.15, 0.2) is 5.96 Å². The third-order valence-electron chi connectivity index (χ3n) is 4.30. The molecule has 7 nitrogen and oxygen atoms in total. The Hall–Kier alpha value is -2.62. The van der Waals surface area contributed by atoms with E-state index >= 15 is 0 Å². The topological polar surface area (TPSA) is 95.3 Å². The molecule has 3 aromatic rings. The molecule has 1 heterocycles. The summed E-state index contributed by atoms with van der Waals surface area (Å²) in [7, 11) is 0. The van der Waals surface area contributed by atoms with Gasteiger partial charge in [-0.05, 0) is 25.0 Å². The van der Waals surface area contributed by atoms with Gasteiger partial charge in [-0.2, -0.15) is 0 Å². The number of hydrogen-bond donors (Lipinski definition) is 3. The summed E-state index contributed by atoms with van der Waals surface area (Å²) < 4.78 is 0. The molecule has 3 N–H and O–H groups in total. The van der Waals surface area contributed by atoms with E-state index in [4.69, 9.17) is 0 Å². The standard InChI is InChI=1S/C20H23N5O2.HI/c1-2-21-20(24-14-16-7-3-6-10-19(16)25(26)27)22-12-11-15-13-23-18-9-5-4-8-17(15)18;/h3-10,13,23H,2,11-12,14H2,1H3,(H2,21,22,24);1H. The van der Waals surface area contributed by atoms with Gasteiger partial charge in [0.05, 0.1) is 17.0 Å². The van der Waals surface area contributed by atoms with Gasteiger partial charge in [0.2, 0.25) is 0 Å². The molecule has 8 heteroatoms. The Morgan fingerprint density at radius 2 is 1.86 bits per heavy atom. The Morgan fingerprint density at radius 3 is 2.64 bits per heavy atom. The van der Waals surface area contributed by atoms with Crippen LogP contribution in [0.3, 0.4) is 0 Å². The molecular weight excluding hydrogens is 469 g/mol. The number of guanidine groups is 1. The minimum atomic E-state index is -0.373. The first-order valence-electron chi connectivity index (χ1n) is 8.98. The molecule has 0 aliphatic carbocycles. The summed E-state index contributed by atoms with van der Waals surface area (Å²) in [6, 6.07) is 14.9. The average molecular weight is 493 g/mol. The van der Waals surface area contributed by atoms with Crippen molar-refractivity contribution in [1.82, 2.24) is 15.6 Å². The summed E-state index contributed by atoms with van der Waals surface area (Å²) in [5, 5.41) is 18.8. The van der Waals surface area contributed by atoms with Gasteiger partial charge in [-0.3, -0.25) is 10.1 Å². The van der Waals surface area contributed by atoms with E-state index in [1.54, 1.807) is 18.2 Å². The first-order chi connectivity index (χ1) is 13.2. The molecule has 0 amide bonds. The molecule has 2 aromatic carbocycles. The molecule has 0 saturated carbocycles. The van der Waals surface area contributed by atoms with E-state index < -0.39 is 0 Å². The third kappa shape index (κ3) is 5.44. The van der Waals surface area contributed by atoms with Gasteiger partial charge in [-0.25, -0.2) is 4.99 Å². The summed E-state index contributed by atoms with van der Waals surface area (Å²) in [5.74, 6) is 0.649. The van der Waals surface area contributed by atoms with Crippen LogP contribution in [0, 0.1) is 10.1 Å². The Bertz CT molecular complexity index is 954. The minimum absolute atomic E-state index is 0. The summed E-state index contributed by atoms with van der Waals surface area (Å²) in [4.78, 5) is 18.5. The number of fused-ring (bicyclic) bond motifs is 1. The molecule has 0 aliphatic rings. The lowest BCUT2D eigenvalue weighted by molar-refractivity contribution is -0.385. The molecule has 0 spiro atoms. The number of rotatable bonds is 7. The zero-order valence-corrected chi connectivity index (χ0v) is 18.0. The summed E-state index contributed by atoms with van der Waals surface area (Å²) in [5.41, 5.74) is 3.06. The molecule has 0 atom stereocenters. The Kier molecular flexibility index (Phi) is 8.24. The fourth-order valence-corrected chi connectivity index (χ4v) is 2.98. The van der Waals surface area contributed by atoms with Gasteiger partial charge < -0.3 is 15.6 Å². The van der Waals surface area contributed by atoms with E-state index in [-0.39, 0.29) is 41.1 Å². The Morgan fingerprint density at radius 1 is 1.11 bits per heavy atom. The summed E-state index contributed by atoms with van der Waals surface area (Å²) >= 11 is 0. The molecule has 0 radical (unpaired) electrons. The van der Waals surface area contributed by atoms with Crippen molar-refractivity contribution in [3.05, 3.63) is 76.0 Å². The number of nitro groups is 1. The fourth-order valence-electron chi connectivity index (χ4n) is 2.98. The van der Waals surface area contributed by atoms with E-state index in [2.05, 4.69) is 32.7 Å². The van der Waals surface area contributed by atoms with Gasteiger partial charge in [-0.15, -0.1) is 24.0 Å². The third-order valence-corrected chi connectivity index (χ3v) is 4.30. The average Bonchev–Trinajstić information content (AvgIpc) is 3.09. The quantitative estimate of drug-likeness (QED) is 0.153. The number of nitrogens with one attached hydrogen (secondary N) is 3. The van der Waals surface area contributed by atoms with Gasteiger partial charge >= 0.3 is 0 Å². The number of halogens is 1. The van der Waals surface area contributed by atoms with Crippen LogP contribution < -0.4 is 10.6 Å². The monoisotopic (exact) mass is 493 g/mol. The maximum absolute atomic E-state index is 11.1. The molecular formula is C20H24IN5O2. The molecule has 1 aromatic heterocycles. The smallest absolute Gasteiger partial charge is 0.274 e. The van der Waals surface area contributed by atoms with E-state index in [0.29, 0.717) is 18.1 Å². The maximum Gasteiger partial charge on any atom is 0.274 e. The number of aromatic nitrogens is 1. The zero-order chi connectivity index (χ0) is 19.1. The van der Waals surface area contributed by atoms with Crippen LogP contribution in [0.2, 0.25) is 0 Å². The highest BCUT2D eigenvalue weighted by atomic mass is 127. The number of H-pyrrole nitrogens is 1. The van der Waals surface area contributed by atoms with Crippen LogP contribution in [-0.2, 0) is 13.0 Å². The van der Waals surface area contributed by atoms with Crippen LogP contribution >= 0.6 is 24.0 Å². The van der Waals surface area contributed by atoms with Crippen molar-refractivity contribution in [3.63, 3.8) is 0 Å². The molecule has 3 rings (SSSR count). The largest absolute Gasteiger partial charge is 0.361 e. The van der Waals surface area contributed by atoms with Crippen molar-refractivity contribution in [2.24, 2.45) is 4.99 Å². The number of aromatic amines is 1. The molecule has 0 unspecified atom stereocenters. The lowest BCUT2D eigenvalue weighted by atomic mass is 10.1. The highest BCUT2D eigenvalue weighted by Gasteiger charge is 2.11. The number of hydrogen-bond acceptors (Lipinski definition) is 3. The van der Waals surface area contributed by atoms with E-state index in [1.807, 2.05) is 25.3 Å². The second-order valence-electron chi connectivity index (χ2n) is 6.12. The number of nitro benzene ring substituents is 1. The second kappa shape index (κ2) is 10.6. The molecule has 0 saturated heterocycles. The van der Waals surface area contributed by atoms with Crippen molar-refractivity contribution >= 4 is 46.5 Å². The van der Waals surface area contributed by atoms with Crippen LogP contribution in [0.15, 0.2) is 59.7 Å². The lowest BCUT2D eigenvalue weighted by Crippen LogP contribution is -2.38. The van der Waals surface area contributed by atoms with Gasteiger partial charge in [0.25, 0.3) is 5.69 Å². The van der Waals surface area contributed by atoms with Crippen molar-refractivity contribution in [2.45, 2.75) is 19.9 Å². The first kappa shape index (κ1) is 21.7. The van der Waals surface area contributed by atoms with Crippen LogP contribution in [0.5, 0.6) is 0 Å². The first-order valence-corrected chi connectivity index (χ1v) is 8.98. The van der Waals surface area contributed by atoms with Crippen molar-refractivity contribution in [2.75, 3.05) is 13.1 Å². The minimum Gasteiger partial charge on any atom is -0.361 e. The van der Waals surface area contributed by atoms with Crippen molar-refractivity contribution in [1.29, 1.82) is 0 Å². The Balaban J connectivity index is 0.00000280. The van der Waals surface area contributed by atoms with Crippen LogP contribution in [0.1, 0.15) is 18.1 Å². The maximum atomic E-state index is 11.1. The van der Waals surface area contributed by atoms with E-state index in [9.17, 15) is 10.1 Å². The number of para-hydroxylation sites is 2. The zero-order valence-electron chi connectivity index (χ0n) is 15.6. The van der Waals surface area contributed by atoms with E-state index in [0.717, 1.165) is 18.5 Å². The van der Waals surface area contributed by atoms with E-state index in [1.165, 1.54) is 17.0 Å². The number of aliphatic imine (C=N–C) groups is 1. The summed E-state index contributed by atoms with van der Waals surface area (Å²) in [6.07, 6.45) is 2.88. The van der Waals surface area contributed by atoms with Gasteiger partial charge in [0, 0.05) is 36.3 Å². The number of benzene rings is 2. The normalized spacial score (nSPS) is 11.1. The fraction of sp³-hybridized carbons (Fsp3) is 0.250. The highest BCUT2D eigenvalue weighted by molar-refractivity contribution is 14.0. The predicted octanol–water partition coefficient (Wildman–Crippen LogP) is 3.99. The molecule has 0 fully saturated rings. The second-order valence-corrected chi connectivity index (χ2v) is 6.12. The van der Waals surface area contributed by atoms with Crippen LogP contribution in [0.4, 0.5) is 5.69 Å². The Labute approximate surface area is 180 Å². The van der Waals surface area contributed by atoms with Crippen molar-refractivity contribution in [3.8, 4) is 0 Å². The van der Waals surface area contributed by atoms with Gasteiger partial charge in [-0.1, -0.05) is 36.4 Å². The molecule has 28 heavy (non-hydrogen) atoms.